The first kappa shape index (κ1) is 20.1. The topological polar surface area (TPSA) is 52.7 Å². The Bertz CT molecular complexity index is 850. The number of nitrogens with zero attached hydrogens (tertiary/aromatic N) is 2. The van der Waals surface area contributed by atoms with Crippen molar-refractivity contribution in [3.63, 3.8) is 0 Å². The average Bonchev–Trinajstić information content (AvgIpc) is 2.73. The molecule has 2 aromatic carbocycles. The summed E-state index contributed by atoms with van der Waals surface area (Å²) in [5.74, 6) is -0.0672. The SMILES string of the molecule is CNC(=O)c1cccc(C2(c3ccc(C(=O)N(C)C)cc3)CCN(C)CC2)c1. The van der Waals surface area contributed by atoms with Crippen molar-refractivity contribution in [2.24, 2.45) is 0 Å². The van der Waals surface area contributed by atoms with Crippen LogP contribution in [0.15, 0.2) is 48.5 Å². The number of carbonyl (C=O) groups excluding carboxylic acids is 2. The lowest BCUT2D eigenvalue weighted by atomic mass is 9.67. The molecule has 5 nitrogen and oxygen atoms in total. The first-order valence-electron chi connectivity index (χ1n) is 9.71. The molecule has 3 rings (SSSR count). The molecule has 1 heterocycles. The van der Waals surface area contributed by atoms with Crippen LogP contribution in [0.1, 0.15) is 44.7 Å². The van der Waals surface area contributed by atoms with E-state index >= 15 is 0 Å². The van der Waals surface area contributed by atoms with Crippen molar-refractivity contribution >= 4 is 11.8 Å². The van der Waals surface area contributed by atoms with Crippen molar-refractivity contribution < 1.29 is 9.59 Å². The maximum atomic E-state index is 12.3. The van der Waals surface area contributed by atoms with Gasteiger partial charge in [0.25, 0.3) is 11.8 Å². The van der Waals surface area contributed by atoms with Crippen LogP contribution in [-0.4, -0.2) is 62.9 Å². The van der Waals surface area contributed by atoms with E-state index in [9.17, 15) is 9.59 Å². The Kier molecular flexibility index (Phi) is 5.84. The molecular formula is C23H29N3O2. The monoisotopic (exact) mass is 379 g/mol. The van der Waals surface area contributed by atoms with Crippen LogP contribution in [0, 0.1) is 0 Å². The lowest BCUT2D eigenvalue weighted by Crippen LogP contribution is -2.41. The average molecular weight is 380 g/mol. The molecular weight excluding hydrogens is 350 g/mol. The van der Waals surface area contributed by atoms with Crippen molar-refractivity contribution in [2.45, 2.75) is 18.3 Å². The fourth-order valence-corrected chi connectivity index (χ4v) is 4.04. The van der Waals surface area contributed by atoms with Gasteiger partial charge in [-0.15, -0.1) is 0 Å². The van der Waals surface area contributed by atoms with Gasteiger partial charge in [-0.05, 0) is 68.4 Å². The number of amides is 2. The zero-order valence-corrected chi connectivity index (χ0v) is 17.2. The van der Waals surface area contributed by atoms with Crippen molar-refractivity contribution in [1.29, 1.82) is 0 Å². The van der Waals surface area contributed by atoms with Crippen molar-refractivity contribution in [3.05, 3.63) is 70.8 Å². The van der Waals surface area contributed by atoms with Gasteiger partial charge in [0.1, 0.15) is 0 Å². The molecule has 5 heteroatoms. The van der Waals surface area contributed by atoms with Crippen LogP contribution in [-0.2, 0) is 5.41 Å². The van der Waals surface area contributed by atoms with E-state index in [1.807, 2.05) is 30.3 Å². The summed E-state index contributed by atoms with van der Waals surface area (Å²) in [7, 11) is 7.32. The smallest absolute Gasteiger partial charge is 0.253 e. The number of carbonyl (C=O) groups is 2. The van der Waals surface area contributed by atoms with E-state index in [1.54, 1.807) is 26.0 Å². The summed E-state index contributed by atoms with van der Waals surface area (Å²) in [5.41, 5.74) is 3.57. The van der Waals surface area contributed by atoms with E-state index in [1.165, 1.54) is 5.56 Å². The highest BCUT2D eigenvalue weighted by Gasteiger charge is 2.37. The Labute approximate surface area is 167 Å². The van der Waals surface area contributed by atoms with Gasteiger partial charge in [-0.1, -0.05) is 24.3 Å². The molecule has 2 aromatic rings. The Morgan fingerprint density at radius 2 is 1.61 bits per heavy atom. The summed E-state index contributed by atoms with van der Waals surface area (Å²) < 4.78 is 0. The minimum atomic E-state index is -0.157. The third-order valence-corrected chi connectivity index (χ3v) is 5.84. The summed E-state index contributed by atoms with van der Waals surface area (Å²) in [6.07, 6.45) is 1.95. The number of hydrogen-bond donors (Lipinski definition) is 1. The Morgan fingerprint density at radius 3 is 2.18 bits per heavy atom. The largest absolute Gasteiger partial charge is 0.355 e. The second kappa shape index (κ2) is 8.15. The van der Waals surface area contributed by atoms with Gasteiger partial charge in [-0.3, -0.25) is 9.59 Å². The number of hydrogen-bond acceptors (Lipinski definition) is 3. The fourth-order valence-electron chi connectivity index (χ4n) is 4.04. The number of rotatable bonds is 4. The van der Waals surface area contributed by atoms with E-state index in [0.29, 0.717) is 11.1 Å². The predicted octanol–water partition coefficient (Wildman–Crippen LogP) is 2.76. The summed E-state index contributed by atoms with van der Waals surface area (Å²) in [4.78, 5) is 28.3. The molecule has 28 heavy (non-hydrogen) atoms. The molecule has 0 radical (unpaired) electrons. The van der Waals surface area contributed by atoms with Crippen LogP contribution in [0.5, 0.6) is 0 Å². The molecule has 0 atom stereocenters. The minimum Gasteiger partial charge on any atom is -0.355 e. The van der Waals surface area contributed by atoms with E-state index < -0.39 is 0 Å². The molecule has 0 aliphatic carbocycles. The molecule has 0 aromatic heterocycles. The third kappa shape index (κ3) is 3.80. The van der Waals surface area contributed by atoms with Gasteiger partial charge in [0.15, 0.2) is 0 Å². The van der Waals surface area contributed by atoms with Gasteiger partial charge in [-0.2, -0.15) is 0 Å². The summed E-state index contributed by atoms with van der Waals surface area (Å²) in [5, 5.41) is 2.71. The molecule has 148 valence electrons. The van der Waals surface area contributed by atoms with Crippen LogP contribution in [0.25, 0.3) is 0 Å². The number of piperidine rings is 1. The van der Waals surface area contributed by atoms with E-state index in [-0.39, 0.29) is 17.2 Å². The zero-order chi connectivity index (χ0) is 20.3. The van der Waals surface area contributed by atoms with Gasteiger partial charge < -0.3 is 15.1 Å². The first-order valence-corrected chi connectivity index (χ1v) is 9.71. The van der Waals surface area contributed by atoms with Gasteiger partial charge in [0, 0.05) is 37.7 Å². The second-order valence-corrected chi connectivity index (χ2v) is 7.82. The lowest BCUT2D eigenvalue weighted by molar-refractivity contribution is 0.0827. The highest BCUT2D eigenvalue weighted by Crippen LogP contribution is 2.42. The lowest BCUT2D eigenvalue weighted by Gasteiger charge is -2.42. The molecule has 1 fully saturated rings. The van der Waals surface area contributed by atoms with Crippen LogP contribution >= 0.6 is 0 Å². The molecule has 1 N–H and O–H groups in total. The molecule has 0 spiro atoms. The fraction of sp³-hybridized carbons (Fsp3) is 0.391. The van der Waals surface area contributed by atoms with Gasteiger partial charge >= 0.3 is 0 Å². The predicted molar refractivity (Wildman–Crippen MR) is 112 cm³/mol. The maximum Gasteiger partial charge on any atom is 0.253 e. The van der Waals surface area contributed by atoms with Crippen molar-refractivity contribution in [1.82, 2.24) is 15.1 Å². The quantitative estimate of drug-likeness (QED) is 0.889. The van der Waals surface area contributed by atoms with Crippen LogP contribution in [0.4, 0.5) is 0 Å². The van der Waals surface area contributed by atoms with E-state index in [4.69, 9.17) is 0 Å². The molecule has 0 saturated carbocycles. The number of likely N-dealkylation sites (tertiary alicyclic amines) is 1. The second-order valence-electron chi connectivity index (χ2n) is 7.82. The maximum absolute atomic E-state index is 12.3. The normalized spacial score (nSPS) is 16.4. The zero-order valence-electron chi connectivity index (χ0n) is 17.2. The Hall–Kier alpha value is -2.66. The molecule has 0 bridgehead atoms. The van der Waals surface area contributed by atoms with E-state index in [0.717, 1.165) is 31.5 Å². The molecule has 0 unspecified atom stereocenters. The number of benzene rings is 2. The molecule has 1 aliphatic heterocycles. The first-order chi connectivity index (χ1) is 13.4. The highest BCUT2D eigenvalue weighted by molar-refractivity contribution is 5.94. The summed E-state index contributed by atoms with van der Waals surface area (Å²) >= 11 is 0. The number of nitrogens with one attached hydrogen (secondary N) is 1. The van der Waals surface area contributed by atoms with Crippen LogP contribution in [0.2, 0.25) is 0 Å². The standard InChI is InChI=1S/C23H29N3O2/c1-24-21(27)18-6-5-7-20(16-18)23(12-14-26(4)15-13-23)19-10-8-17(9-11-19)22(28)25(2)3/h5-11,16H,12-15H2,1-4H3,(H,24,27). The van der Waals surface area contributed by atoms with Crippen molar-refractivity contribution in [3.8, 4) is 0 Å². The van der Waals surface area contributed by atoms with Crippen LogP contribution in [0.3, 0.4) is 0 Å². The van der Waals surface area contributed by atoms with E-state index in [2.05, 4.69) is 35.5 Å². The van der Waals surface area contributed by atoms with Crippen molar-refractivity contribution in [2.75, 3.05) is 41.3 Å². The highest BCUT2D eigenvalue weighted by atomic mass is 16.2. The summed E-state index contributed by atoms with van der Waals surface area (Å²) in [6.45, 7) is 1.98. The van der Waals surface area contributed by atoms with Gasteiger partial charge in [0.2, 0.25) is 0 Å². The van der Waals surface area contributed by atoms with Crippen LogP contribution < -0.4 is 5.32 Å². The van der Waals surface area contributed by atoms with Gasteiger partial charge in [0.05, 0.1) is 0 Å². The summed E-state index contributed by atoms with van der Waals surface area (Å²) in [6, 6.07) is 15.9. The Morgan fingerprint density at radius 1 is 0.964 bits per heavy atom. The minimum absolute atomic E-state index is 0.00518. The van der Waals surface area contributed by atoms with Gasteiger partial charge in [-0.25, -0.2) is 0 Å². The third-order valence-electron chi connectivity index (χ3n) is 5.84. The molecule has 2 amide bonds. The molecule has 1 saturated heterocycles. The Balaban J connectivity index is 2.04. The molecule has 1 aliphatic rings.